The van der Waals surface area contributed by atoms with Crippen molar-refractivity contribution in [3.05, 3.63) is 0 Å². The minimum Gasteiger partial charge on any atom is -0.390 e. The van der Waals surface area contributed by atoms with E-state index in [1.807, 2.05) is 0 Å². The molecule has 1 aliphatic rings. The summed E-state index contributed by atoms with van der Waals surface area (Å²) in [6.45, 7) is 8.01. The predicted molar refractivity (Wildman–Crippen MR) is 45.6 cm³/mol. The van der Waals surface area contributed by atoms with E-state index in [1.54, 1.807) is 0 Å². The quantitative estimate of drug-likeness (QED) is 0.590. The number of aliphatic hydroxyl groups is 1. The first-order valence-electron chi connectivity index (χ1n) is 4.42. The van der Waals surface area contributed by atoms with Crippen molar-refractivity contribution in [2.45, 2.75) is 26.0 Å². The van der Waals surface area contributed by atoms with E-state index >= 15 is 0 Å². The number of nitrogens with one attached hydrogen (secondary N) is 1. The third-order valence-corrected chi connectivity index (χ3v) is 2.43. The molecule has 1 fully saturated rings. The minimum atomic E-state index is -0.171. The Bertz CT molecular complexity index is 115. The summed E-state index contributed by atoms with van der Waals surface area (Å²) in [4.78, 5) is 2.30. The average molecular weight is 158 g/mol. The lowest BCUT2D eigenvalue weighted by atomic mass is 10.2. The van der Waals surface area contributed by atoms with Crippen LogP contribution in [0.15, 0.2) is 0 Å². The van der Waals surface area contributed by atoms with E-state index in [-0.39, 0.29) is 6.10 Å². The number of hydrogen-bond acceptors (Lipinski definition) is 3. The highest BCUT2D eigenvalue weighted by Crippen LogP contribution is 2.07. The van der Waals surface area contributed by atoms with Crippen molar-refractivity contribution in [1.82, 2.24) is 10.2 Å². The van der Waals surface area contributed by atoms with Crippen molar-refractivity contribution >= 4 is 0 Å². The van der Waals surface area contributed by atoms with Gasteiger partial charge in [-0.25, -0.2) is 0 Å². The van der Waals surface area contributed by atoms with E-state index in [0.717, 1.165) is 26.2 Å². The van der Waals surface area contributed by atoms with Crippen LogP contribution >= 0.6 is 0 Å². The Labute approximate surface area is 68.4 Å². The largest absolute Gasteiger partial charge is 0.390 e. The van der Waals surface area contributed by atoms with Crippen LogP contribution in [-0.4, -0.2) is 48.3 Å². The highest BCUT2D eigenvalue weighted by Gasteiger charge is 2.28. The van der Waals surface area contributed by atoms with Crippen molar-refractivity contribution < 1.29 is 5.11 Å². The highest BCUT2D eigenvalue weighted by molar-refractivity contribution is 4.87. The minimum absolute atomic E-state index is 0.171. The first kappa shape index (κ1) is 8.97. The van der Waals surface area contributed by atoms with Gasteiger partial charge in [0.2, 0.25) is 0 Å². The molecule has 0 aromatic heterocycles. The number of rotatable bonds is 3. The molecule has 0 bridgehead atoms. The third-order valence-electron chi connectivity index (χ3n) is 2.43. The lowest BCUT2D eigenvalue weighted by Gasteiger charge is -2.27. The molecular weight excluding hydrogens is 140 g/mol. The van der Waals surface area contributed by atoms with Crippen molar-refractivity contribution in [3.8, 4) is 0 Å². The van der Waals surface area contributed by atoms with Gasteiger partial charge in [0.1, 0.15) is 0 Å². The molecule has 0 unspecified atom stereocenters. The van der Waals surface area contributed by atoms with Gasteiger partial charge < -0.3 is 10.4 Å². The average Bonchev–Trinajstić information content (AvgIpc) is 2.40. The van der Waals surface area contributed by atoms with Crippen molar-refractivity contribution in [3.63, 3.8) is 0 Å². The van der Waals surface area contributed by atoms with Crippen LogP contribution in [0, 0.1) is 0 Å². The number of hydrogen-bond donors (Lipinski definition) is 2. The molecule has 1 rings (SSSR count). The first-order chi connectivity index (χ1) is 5.29. The summed E-state index contributed by atoms with van der Waals surface area (Å²) in [6.07, 6.45) is -0.171. The topological polar surface area (TPSA) is 35.5 Å². The van der Waals surface area contributed by atoms with Crippen LogP contribution in [-0.2, 0) is 0 Å². The zero-order chi connectivity index (χ0) is 8.27. The molecule has 2 N–H and O–H groups in total. The van der Waals surface area contributed by atoms with Crippen LogP contribution in [0.5, 0.6) is 0 Å². The van der Waals surface area contributed by atoms with E-state index in [0.29, 0.717) is 6.04 Å². The molecule has 1 aliphatic heterocycles. The van der Waals surface area contributed by atoms with Crippen molar-refractivity contribution in [2.24, 2.45) is 0 Å². The van der Waals surface area contributed by atoms with Crippen LogP contribution in [0.25, 0.3) is 0 Å². The highest BCUT2D eigenvalue weighted by atomic mass is 16.3. The van der Waals surface area contributed by atoms with Gasteiger partial charge >= 0.3 is 0 Å². The molecule has 66 valence electrons. The summed E-state index contributed by atoms with van der Waals surface area (Å²) in [5.74, 6) is 0. The fraction of sp³-hybridized carbons (Fsp3) is 1.00. The Hall–Kier alpha value is -0.120. The standard InChI is InChI=1S/C8H18N2O/c1-3-10(4-2)7-5-9-6-8(7)11/h7-9,11H,3-6H2,1-2H3/t7-,8+/m0/s1. The lowest BCUT2D eigenvalue weighted by molar-refractivity contribution is 0.0899. The van der Waals surface area contributed by atoms with Gasteiger partial charge in [-0.1, -0.05) is 13.8 Å². The number of likely N-dealkylation sites (N-methyl/N-ethyl adjacent to an activating group) is 1. The molecular formula is C8H18N2O. The van der Waals surface area contributed by atoms with Crippen molar-refractivity contribution in [2.75, 3.05) is 26.2 Å². The Balaban J connectivity index is 2.43. The van der Waals surface area contributed by atoms with Gasteiger partial charge in [-0.15, -0.1) is 0 Å². The number of β-amino-alcohol motifs (C(OH)–C–C–N with tert-alkyl or cyclic N) is 1. The van der Waals surface area contributed by atoms with Gasteiger partial charge in [-0.3, -0.25) is 4.90 Å². The maximum Gasteiger partial charge on any atom is 0.0831 e. The molecule has 3 nitrogen and oxygen atoms in total. The molecule has 0 aliphatic carbocycles. The molecule has 0 aromatic carbocycles. The first-order valence-corrected chi connectivity index (χ1v) is 4.42. The monoisotopic (exact) mass is 158 g/mol. The lowest BCUT2D eigenvalue weighted by Crippen LogP contribution is -2.42. The fourth-order valence-corrected chi connectivity index (χ4v) is 1.72. The van der Waals surface area contributed by atoms with Crippen LogP contribution < -0.4 is 5.32 Å². The fourth-order valence-electron chi connectivity index (χ4n) is 1.72. The molecule has 1 heterocycles. The summed E-state index contributed by atoms with van der Waals surface area (Å²) in [6, 6.07) is 0.338. The summed E-state index contributed by atoms with van der Waals surface area (Å²) < 4.78 is 0. The molecule has 1 saturated heterocycles. The zero-order valence-corrected chi connectivity index (χ0v) is 7.38. The summed E-state index contributed by atoms with van der Waals surface area (Å²) in [5.41, 5.74) is 0. The van der Waals surface area contributed by atoms with Crippen LogP contribution in [0.1, 0.15) is 13.8 Å². The van der Waals surface area contributed by atoms with E-state index in [9.17, 15) is 5.11 Å². The van der Waals surface area contributed by atoms with E-state index < -0.39 is 0 Å². The Morgan fingerprint density at radius 1 is 1.36 bits per heavy atom. The molecule has 0 radical (unpaired) electrons. The van der Waals surface area contributed by atoms with Crippen LogP contribution in [0.4, 0.5) is 0 Å². The molecule has 0 spiro atoms. The van der Waals surface area contributed by atoms with Gasteiger partial charge in [-0.05, 0) is 13.1 Å². The van der Waals surface area contributed by atoms with Gasteiger partial charge in [0.25, 0.3) is 0 Å². The van der Waals surface area contributed by atoms with Gasteiger partial charge in [0.15, 0.2) is 0 Å². The van der Waals surface area contributed by atoms with E-state index in [2.05, 4.69) is 24.1 Å². The van der Waals surface area contributed by atoms with Crippen molar-refractivity contribution in [1.29, 1.82) is 0 Å². The van der Waals surface area contributed by atoms with Gasteiger partial charge in [-0.2, -0.15) is 0 Å². The molecule has 0 saturated carbocycles. The second kappa shape index (κ2) is 4.04. The zero-order valence-electron chi connectivity index (χ0n) is 7.38. The summed E-state index contributed by atoms with van der Waals surface area (Å²) in [7, 11) is 0. The van der Waals surface area contributed by atoms with Crippen LogP contribution in [0.2, 0.25) is 0 Å². The Morgan fingerprint density at radius 2 is 2.00 bits per heavy atom. The van der Waals surface area contributed by atoms with Gasteiger partial charge in [0, 0.05) is 19.1 Å². The van der Waals surface area contributed by atoms with Crippen LogP contribution in [0.3, 0.4) is 0 Å². The molecule has 0 amide bonds. The number of aliphatic hydroxyl groups excluding tert-OH is 1. The van der Waals surface area contributed by atoms with Gasteiger partial charge in [0.05, 0.1) is 6.10 Å². The normalized spacial score (nSPS) is 31.6. The third kappa shape index (κ3) is 1.92. The SMILES string of the molecule is CCN(CC)[C@H]1CNC[C@H]1O. The van der Waals surface area contributed by atoms with E-state index in [4.69, 9.17) is 0 Å². The smallest absolute Gasteiger partial charge is 0.0831 e. The second-order valence-electron chi connectivity index (χ2n) is 3.01. The predicted octanol–water partition coefficient (Wildman–Crippen LogP) is -0.339. The summed E-state index contributed by atoms with van der Waals surface area (Å²) >= 11 is 0. The number of nitrogens with zero attached hydrogens (tertiary/aromatic N) is 1. The summed E-state index contributed by atoms with van der Waals surface area (Å²) in [5, 5.41) is 12.7. The molecule has 11 heavy (non-hydrogen) atoms. The maximum atomic E-state index is 9.52. The van der Waals surface area contributed by atoms with E-state index in [1.165, 1.54) is 0 Å². The molecule has 2 atom stereocenters. The Morgan fingerprint density at radius 3 is 2.36 bits per heavy atom. The maximum absolute atomic E-state index is 9.52. The molecule has 0 aromatic rings. The molecule has 3 heteroatoms. The Kier molecular flexibility index (Phi) is 3.30. The second-order valence-corrected chi connectivity index (χ2v) is 3.01.